The number of halogens is 2. The lowest BCUT2D eigenvalue weighted by molar-refractivity contribution is -0.0238. The van der Waals surface area contributed by atoms with Crippen LogP contribution in [0.4, 0.5) is 14.6 Å². The highest BCUT2D eigenvalue weighted by atomic mass is 19.1. The monoisotopic (exact) mass is 510 g/mol. The third-order valence-electron chi connectivity index (χ3n) is 6.42. The van der Waals surface area contributed by atoms with E-state index in [2.05, 4.69) is 15.0 Å². The molecule has 1 atom stereocenters. The maximum Gasteiger partial charge on any atom is 0.167 e. The number of rotatable bonds is 7. The van der Waals surface area contributed by atoms with Crippen molar-refractivity contribution < 1.29 is 23.4 Å². The van der Waals surface area contributed by atoms with E-state index in [9.17, 15) is 13.9 Å². The second-order valence-electron chi connectivity index (χ2n) is 9.44. The molecule has 0 spiro atoms. The Labute approximate surface area is 212 Å². The van der Waals surface area contributed by atoms with E-state index in [1.807, 2.05) is 13.2 Å². The predicted octanol–water partition coefficient (Wildman–Crippen LogP) is 3.61. The molecule has 0 radical (unpaired) electrons. The molecule has 1 aliphatic rings. The first-order chi connectivity index (χ1) is 17.7. The summed E-state index contributed by atoms with van der Waals surface area (Å²) in [5, 5.41) is 15.1. The van der Waals surface area contributed by atoms with E-state index in [1.54, 1.807) is 30.1 Å². The smallest absolute Gasteiger partial charge is 0.167 e. The van der Waals surface area contributed by atoms with Crippen LogP contribution >= 0.6 is 0 Å². The SMILES string of the molecule is COC[C@](C)(O)c1cc2nc(N3CCC(Oc4ccc(F)cc4F)CC3)c(-c3cnn(C)c3)nc2cn1. The van der Waals surface area contributed by atoms with E-state index in [0.29, 0.717) is 54.2 Å². The average Bonchev–Trinajstić information content (AvgIpc) is 3.31. The van der Waals surface area contributed by atoms with E-state index >= 15 is 0 Å². The number of piperidine rings is 1. The van der Waals surface area contributed by atoms with E-state index in [4.69, 9.17) is 19.4 Å². The summed E-state index contributed by atoms with van der Waals surface area (Å²) in [6, 6.07) is 5.05. The molecule has 1 aromatic carbocycles. The molecule has 3 aromatic heterocycles. The van der Waals surface area contributed by atoms with Crippen LogP contribution in [0, 0.1) is 11.6 Å². The minimum atomic E-state index is -1.28. The van der Waals surface area contributed by atoms with Crippen molar-refractivity contribution in [3.63, 3.8) is 0 Å². The molecule has 0 aliphatic carbocycles. The Hall–Kier alpha value is -3.70. The first-order valence-corrected chi connectivity index (χ1v) is 12.0. The minimum absolute atomic E-state index is 0.0459. The molecule has 1 aliphatic heterocycles. The van der Waals surface area contributed by atoms with Crippen LogP contribution < -0.4 is 9.64 Å². The van der Waals surface area contributed by atoms with Crippen molar-refractivity contribution in [3.8, 4) is 17.0 Å². The number of nitrogens with zero attached hydrogens (tertiary/aromatic N) is 6. The zero-order valence-electron chi connectivity index (χ0n) is 20.9. The molecule has 0 amide bonds. The Balaban J connectivity index is 1.45. The zero-order chi connectivity index (χ0) is 26.2. The van der Waals surface area contributed by atoms with Crippen molar-refractivity contribution in [1.82, 2.24) is 24.7 Å². The van der Waals surface area contributed by atoms with Crippen molar-refractivity contribution in [2.75, 3.05) is 31.7 Å². The molecule has 11 heteroatoms. The van der Waals surface area contributed by atoms with Gasteiger partial charge in [0.1, 0.15) is 28.7 Å². The maximum absolute atomic E-state index is 14.1. The van der Waals surface area contributed by atoms with Gasteiger partial charge in [-0.2, -0.15) is 5.10 Å². The first kappa shape index (κ1) is 25.0. The fraction of sp³-hybridized carbons (Fsp3) is 0.385. The first-order valence-electron chi connectivity index (χ1n) is 12.0. The largest absolute Gasteiger partial charge is 0.487 e. The van der Waals surface area contributed by atoms with Gasteiger partial charge in [0.2, 0.25) is 0 Å². The summed E-state index contributed by atoms with van der Waals surface area (Å²) in [5.41, 5.74) is 1.82. The second-order valence-corrected chi connectivity index (χ2v) is 9.44. The third kappa shape index (κ3) is 5.23. The molecule has 1 saturated heterocycles. The predicted molar refractivity (Wildman–Crippen MR) is 133 cm³/mol. The van der Waals surface area contributed by atoms with Gasteiger partial charge in [0.05, 0.1) is 30.2 Å². The highest BCUT2D eigenvalue weighted by molar-refractivity contribution is 5.83. The van der Waals surface area contributed by atoms with Crippen molar-refractivity contribution >= 4 is 16.9 Å². The van der Waals surface area contributed by atoms with Gasteiger partial charge in [-0.1, -0.05) is 0 Å². The van der Waals surface area contributed by atoms with E-state index in [0.717, 1.165) is 11.6 Å². The Bertz CT molecular complexity index is 1420. The van der Waals surface area contributed by atoms with Crippen LogP contribution in [0.5, 0.6) is 5.75 Å². The summed E-state index contributed by atoms with van der Waals surface area (Å²) in [4.78, 5) is 16.3. The molecule has 0 unspecified atom stereocenters. The highest BCUT2D eigenvalue weighted by Gasteiger charge is 2.28. The number of hydrogen-bond donors (Lipinski definition) is 1. The van der Waals surface area contributed by atoms with Crippen molar-refractivity contribution in [2.24, 2.45) is 7.05 Å². The van der Waals surface area contributed by atoms with Crippen LogP contribution in [-0.2, 0) is 17.4 Å². The lowest BCUT2D eigenvalue weighted by atomic mass is 10.0. The zero-order valence-corrected chi connectivity index (χ0v) is 20.9. The van der Waals surface area contributed by atoms with E-state index < -0.39 is 17.2 Å². The number of aryl methyl sites for hydroxylation is 1. The van der Waals surface area contributed by atoms with Gasteiger partial charge in [0.15, 0.2) is 17.4 Å². The number of benzene rings is 1. The molecule has 1 N–H and O–H groups in total. The van der Waals surface area contributed by atoms with Crippen molar-refractivity contribution in [2.45, 2.75) is 31.5 Å². The average molecular weight is 511 g/mol. The molecule has 37 heavy (non-hydrogen) atoms. The number of anilines is 1. The van der Waals surface area contributed by atoms with Crippen LogP contribution in [0.3, 0.4) is 0 Å². The molecular formula is C26H28F2N6O3. The fourth-order valence-corrected chi connectivity index (χ4v) is 4.49. The van der Waals surface area contributed by atoms with Gasteiger partial charge in [-0.25, -0.2) is 18.7 Å². The van der Waals surface area contributed by atoms with Crippen molar-refractivity contribution in [3.05, 3.63) is 60.2 Å². The summed E-state index contributed by atoms with van der Waals surface area (Å²) in [6.45, 7) is 2.92. The molecule has 0 saturated carbocycles. The van der Waals surface area contributed by atoms with Crippen LogP contribution in [0.25, 0.3) is 22.3 Å². The summed E-state index contributed by atoms with van der Waals surface area (Å²) in [7, 11) is 3.35. The number of fused-ring (bicyclic) bond motifs is 1. The number of ether oxygens (including phenoxy) is 2. The fourth-order valence-electron chi connectivity index (χ4n) is 4.49. The molecule has 1 fully saturated rings. The maximum atomic E-state index is 14.1. The second kappa shape index (κ2) is 9.98. The molecule has 194 valence electrons. The summed E-state index contributed by atoms with van der Waals surface area (Å²) in [6.07, 6.45) is 6.23. The summed E-state index contributed by atoms with van der Waals surface area (Å²) < 4.78 is 40.0. The topological polar surface area (TPSA) is 98.4 Å². The number of hydrogen-bond acceptors (Lipinski definition) is 8. The number of pyridine rings is 1. The number of aliphatic hydroxyl groups is 1. The van der Waals surface area contributed by atoms with Gasteiger partial charge in [-0.05, 0) is 25.1 Å². The standard InChI is InChI=1S/C26H28F2N6O3/c1-26(35,15-36-3)23-11-20-21(13-29-23)31-24(16-12-30-33(2)14-16)25(32-20)34-8-6-18(7-9-34)37-22-5-4-17(27)10-19(22)28/h4-5,10-14,18,35H,6-9,15H2,1-3H3/t26-/m0/s1. The van der Waals surface area contributed by atoms with Gasteiger partial charge < -0.3 is 19.5 Å². The molecular weight excluding hydrogens is 482 g/mol. The quantitative estimate of drug-likeness (QED) is 0.403. The molecule has 0 bridgehead atoms. The van der Waals surface area contributed by atoms with Crippen LogP contribution in [0.15, 0.2) is 42.9 Å². The molecule has 5 rings (SSSR count). The Morgan fingerprint density at radius 1 is 1.11 bits per heavy atom. The van der Waals surface area contributed by atoms with Crippen LogP contribution in [0.2, 0.25) is 0 Å². The number of aromatic nitrogens is 5. The molecule has 4 heterocycles. The Morgan fingerprint density at radius 2 is 1.89 bits per heavy atom. The lowest BCUT2D eigenvalue weighted by Crippen LogP contribution is -2.39. The lowest BCUT2D eigenvalue weighted by Gasteiger charge is -2.33. The minimum Gasteiger partial charge on any atom is -0.487 e. The van der Waals surface area contributed by atoms with Gasteiger partial charge in [-0.3, -0.25) is 9.67 Å². The van der Waals surface area contributed by atoms with Gasteiger partial charge in [0.25, 0.3) is 0 Å². The van der Waals surface area contributed by atoms with Gasteiger partial charge in [-0.15, -0.1) is 0 Å². The Morgan fingerprint density at radius 3 is 2.57 bits per heavy atom. The van der Waals surface area contributed by atoms with Crippen LogP contribution in [-0.4, -0.2) is 62.7 Å². The highest BCUT2D eigenvalue weighted by Crippen LogP contribution is 2.33. The Kier molecular flexibility index (Phi) is 6.74. The number of methoxy groups -OCH3 is 1. The van der Waals surface area contributed by atoms with Crippen molar-refractivity contribution in [1.29, 1.82) is 0 Å². The normalized spacial score (nSPS) is 16.2. The van der Waals surface area contributed by atoms with Gasteiger partial charge in [0, 0.05) is 57.9 Å². The van der Waals surface area contributed by atoms with Gasteiger partial charge >= 0.3 is 0 Å². The third-order valence-corrected chi connectivity index (χ3v) is 6.42. The van der Waals surface area contributed by atoms with E-state index in [1.165, 1.54) is 19.2 Å². The van der Waals surface area contributed by atoms with E-state index in [-0.39, 0.29) is 18.5 Å². The van der Waals surface area contributed by atoms with Crippen LogP contribution in [0.1, 0.15) is 25.5 Å². The summed E-state index contributed by atoms with van der Waals surface area (Å²) in [5.74, 6) is -0.630. The summed E-state index contributed by atoms with van der Waals surface area (Å²) >= 11 is 0. The molecule has 9 nitrogen and oxygen atoms in total. The molecule has 4 aromatic rings.